The molecule has 108 valence electrons. The Bertz CT molecular complexity index is 451. The molecule has 1 unspecified atom stereocenters. The van der Waals surface area contributed by atoms with Crippen LogP contribution in [0.2, 0.25) is 0 Å². The van der Waals surface area contributed by atoms with Gasteiger partial charge >= 0.3 is 0 Å². The Hall–Kier alpha value is -1.69. The molecule has 2 heterocycles. The second kappa shape index (κ2) is 6.17. The fourth-order valence-corrected chi connectivity index (χ4v) is 2.75. The molecule has 3 rings (SSSR count). The van der Waals surface area contributed by atoms with Gasteiger partial charge in [-0.15, -0.1) is 10.2 Å². The monoisotopic (exact) mass is 276 g/mol. The molecule has 1 atom stereocenters. The number of nitrogens with zero attached hydrogens (tertiary/aromatic N) is 2. The van der Waals surface area contributed by atoms with Crippen LogP contribution in [0.25, 0.3) is 0 Å². The number of ether oxygens (including phenoxy) is 1. The molecule has 1 aromatic heterocycles. The topological polar surface area (TPSA) is 76.1 Å². The number of amides is 1. The molecule has 6 nitrogen and oxygen atoms in total. The molecule has 2 fully saturated rings. The summed E-state index contributed by atoms with van der Waals surface area (Å²) >= 11 is 0. The van der Waals surface area contributed by atoms with E-state index in [1.807, 2.05) is 6.07 Å². The molecule has 1 aliphatic heterocycles. The first-order valence-electron chi connectivity index (χ1n) is 7.34. The Morgan fingerprint density at radius 3 is 2.50 bits per heavy atom. The maximum Gasteiger partial charge on any atom is 0.254 e. The molecular weight excluding hydrogens is 256 g/mol. The first-order chi connectivity index (χ1) is 9.81. The zero-order valence-corrected chi connectivity index (χ0v) is 11.5. The van der Waals surface area contributed by atoms with Crippen molar-refractivity contribution in [3.8, 4) is 0 Å². The second-order valence-corrected chi connectivity index (χ2v) is 5.42. The summed E-state index contributed by atoms with van der Waals surface area (Å²) in [5.74, 6) is 1.11. The van der Waals surface area contributed by atoms with Gasteiger partial charge in [0.2, 0.25) is 0 Å². The molecule has 2 N–H and O–H groups in total. The summed E-state index contributed by atoms with van der Waals surface area (Å²) in [6, 6.07) is 4.14. The highest BCUT2D eigenvalue weighted by atomic mass is 16.5. The highest BCUT2D eigenvalue weighted by Gasteiger charge is 2.23. The first-order valence-corrected chi connectivity index (χ1v) is 7.34. The highest BCUT2D eigenvalue weighted by Crippen LogP contribution is 2.21. The van der Waals surface area contributed by atoms with Gasteiger partial charge in [-0.1, -0.05) is 12.8 Å². The molecule has 6 heteroatoms. The van der Waals surface area contributed by atoms with Gasteiger partial charge in [0, 0.05) is 12.6 Å². The van der Waals surface area contributed by atoms with Crippen molar-refractivity contribution in [2.45, 2.75) is 50.7 Å². The summed E-state index contributed by atoms with van der Waals surface area (Å²) in [5.41, 5.74) is 0. The molecule has 1 aliphatic carbocycles. The van der Waals surface area contributed by atoms with Gasteiger partial charge in [-0.3, -0.25) is 4.79 Å². The van der Waals surface area contributed by atoms with Crippen LogP contribution in [0.15, 0.2) is 12.1 Å². The van der Waals surface area contributed by atoms with Crippen LogP contribution in [-0.4, -0.2) is 34.9 Å². The molecule has 0 aromatic carbocycles. The fraction of sp³-hybridized carbons (Fsp3) is 0.643. The van der Waals surface area contributed by atoms with E-state index in [0.717, 1.165) is 18.7 Å². The number of anilines is 2. The fourth-order valence-electron chi connectivity index (χ4n) is 2.75. The molecule has 0 spiro atoms. The lowest BCUT2D eigenvalue weighted by Gasteiger charge is -2.12. The van der Waals surface area contributed by atoms with Crippen molar-refractivity contribution in [2.24, 2.45) is 0 Å². The lowest BCUT2D eigenvalue weighted by atomic mass is 10.2. The molecular formula is C14H20N4O2. The number of hydrogen-bond acceptors (Lipinski definition) is 5. The molecule has 1 amide bonds. The molecule has 0 radical (unpaired) electrons. The molecule has 1 saturated carbocycles. The van der Waals surface area contributed by atoms with Crippen LogP contribution in [0.3, 0.4) is 0 Å². The predicted octanol–water partition coefficient (Wildman–Crippen LogP) is 1.95. The van der Waals surface area contributed by atoms with Crippen molar-refractivity contribution >= 4 is 17.5 Å². The van der Waals surface area contributed by atoms with Gasteiger partial charge in [-0.05, 0) is 37.8 Å². The van der Waals surface area contributed by atoms with Crippen LogP contribution in [0.4, 0.5) is 11.6 Å². The largest absolute Gasteiger partial charge is 0.368 e. The lowest BCUT2D eigenvalue weighted by Crippen LogP contribution is -2.27. The normalized spacial score (nSPS) is 22.9. The number of rotatable bonds is 4. The smallest absolute Gasteiger partial charge is 0.254 e. The van der Waals surface area contributed by atoms with Crippen LogP contribution < -0.4 is 10.6 Å². The summed E-state index contributed by atoms with van der Waals surface area (Å²) in [5, 5.41) is 14.2. The van der Waals surface area contributed by atoms with E-state index in [4.69, 9.17) is 4.74 Å². The SMILES string of the molecule is O=C(Nc1ccc(NC2CCCC2)nn1)C1CCCO1. The zero-order valence-electron chi connectivity index (χ0n) is 11.5. The lowest BCUT2D eigenvalue weighted by molar-refractivity contribution is -0.124. The van der Waals surface area contributed by atoms with Gasteiger partial charge in [0.1, 0.15) is 11.9 Å². The van der Waals surface area contributed by atoms with Gasteiger partial charge in [0.15, 0.2) is 5.82 Å². The molecule has 2 aliphatic rings. The van der Waals surface area contributed by atoms with Crippen molar-refractivity contribution in [1.29, 1.82) is 0 Å². The third-order valence-electron chi connectivity index (χ3n) is 3.85. The summed E-state index contributed by atoms with van der Waals surface area (Å²) in [6.07, 6.45) is 6.32. The van der Waals surface area contributed by atoms with Crippen LogP contribution in [0.1, 0.15) is 38.5 Å². The summed E-state index contributed by atoms with van der Waals surface area (Å²) in [7, 11) is 0. The van der Waals surface area contributed by atoms with E-state index in [-0.39, 0.29) is 12.0 Å². The Kier molecular flexibility index (Phi) is 4.11. The van der Waals surface area contributed by atoms with Crippen molar-refractivity contribution < 1.29 is 9.53 Å². The van der Waals surface area contributed by atoms with Crippen LogP contribution >= 0.6 is 0 Å². The van der Waals surface area contributed by atoms with Gasteiger partial charge in [-0.2, -0.15) is 0 Å². The summed E-state index contributed by atoms with van der Waals surface area (Å²) in [4.78, 5) is 11.9. The van der Waals surface area contributed by atoms with Gasteiger partial charge in [-0.25, -0.2) is 0 Å². The highest BCUT2D eigenvalue weighted by molar-refractivity contribution is 5.93. The minimum absolute atomic E-state index is 0.131. The zero-order chi connectivity index (χ0) is 13.8. The van der Waals surface area contributed by atoms with Crippen molar-refractivity contribution in [1.82, 2.24) is 10.2 Å². The maximum atomic E-state index is 11.9. The third kappa shape index (κ3) is 3.25. The average molecular weight is 276 g/mol. The molecule has 0 bridgehead atoms. The van der Waals surface area contributed by atoms with E-state index in [2.05, 4.69) is 20.8 Å². The summed E-state index contributed by atoms with van der Waals surface area (Å²) < 4.78 is 5.33. The van der Waals surface area contributed by atoms with Gasteiger partial charge in [0.05, 0.1) is 0 Å². The third-order valence-corrected chi connectivity index (χ3v) is 3.85. The van der Waals surface area contributed by atoms with Gasteiger partial charge in [0.25, 0.3) is 5.91 Å². The van der Waals surface area contributed by atoms with E-state index < -0.39 is 0 Å². The standard InChI is InChI=1S/C14H20N4O2/c19-14(11-6-3-9-20-11)16-13-8-7-12(17-18-13)15-10-4-1-2-5-10/h7-8,10-11H,1-6,9H2,(H,15,17)(H,16,18,19). The van der Waals surface area contributed by atoms with Crippen molar-refractivity contribution in [3.05, 3.63) is 12.1 Å². The Morgan fingerprint density at radius 2 is 1.85 bits per heavy atom. The average Bonchev–Trinajstić information content (AvgIpc) is 3.13. The van der Waals surface area contributed by atoms with E-state index in [0.29, 0.717) is 18.5 Å². The second-order valence-electron chi connectivity index (χ2n) is 5.42. The van der Waals surface area contributed by atoms with Crippen LogP contribution in [0.5, 0.6) is 0 Å². The van der Waals surface area contributed by atoms with E-state index in [1.165, 1.54) is 25.7 Å². The number of hydrogen-bond donors (Lipinski definition) is 2. The van der Waals surface area contributed by atoms with E-state index in [1.54, 1.807) is 6.07 Å². The quantitative estimate of drug-likeness (QED) is 0.879. The van der Waals surface area contributed by atoms with Crippen molar-refractivity contribution in [3.63, 3.8) is 0 Å². The molecule has 1 saturated heterocycles. The number of carbonyl (C=O) groups excluding carboxylic acids is 1. The molecule has 20 heavy (non-hydrogen) atoms. The Balaban J connectivity index is 1.53. The predicted molar refractivity (Wildman–Crippen MR) is 75.5 cm³/mol. The number of nitrogens with one attached hydrogen (secondary N) is 2. The Morgan fingerprint density at radius 1 is 1.10 bits per heavy atom. The van der Waals surface area contributed by atoms with Gasteiger partial charge < -0.3 is 15.4 Å². The summed E-state index contributed by atoms with van der Waals surface area (Å²) in [6.45, 7) is 0.661. The minimum Gasteiger partial charge on any atom is -0.368 e. The first kappa shape index (κ1) is 13.3. The minimum atomic E-state index is -0.340. The van der Waals surface area contributed by atoms with E-state index in [9.17, 15) is 4.79 Å². The number of aromatic nitrogens is 2. The van der Waals surface area contributed by atoms with E-state index >= 15 is 0 Å². The molecule has 1 aromatic rings. The van der Waals surface area contributed by atoms with Crippen LogP contribution in [0, 0.1) is 0 Å². The van der Waals surface area contributed by atoms with Crippen molar-refractivity contribution in [2.75, 3.05) is 17.2 Å². The van der Waals surface area contributed by atoms with Crippen LogP contribution in [-0.2, 0) is 9.53 Å². The Labute approximate surface area is 118 Å². The number of carbonyl (C=O) groups is 1. The maximum absolute atomic E-state index is 11.9.